The van der Waals surface area contributed by atoms with Crippen LogP contribution in [-0.4, -0.2) is 104 Å². The van der Waals surface area contributed by atoms with E-state index in [0.29, 0.717) is 32.8 Å². The number of rotatable bonds is 9. The number of nitrogens with one attached hydrogen (secondary N) is 2. The van der Waals surface area contributed by atoms with Gasteiger partial charge in [-0.15, -0.1) is 11.5 Å². The average Bonchev–Trinajstić information content (AvgIpc) is 3.83. The number of carboxylic acid groups (broad SMARTS) is 1. The predicted molar refractivity (Wildman–Crippen MR) is 224 cm³/mol. The van der Waals surface area contributed by atoms with Crippen LogP contribution in [0.3, 0.4) is 0 Å². The van der Waals surface area contributed by atoms with Crippen LogP contribution in [0.1, 0.15) is 25.4 Å². The lowest BCUT2D eigenvalue weighted by Crippen LogP contribution is -2.39. The van der Waals surface area contributed by atoms with Crippen molar-refractivity contribution < 1.29 is 55.4 Å². The number of para-hydroxylation sites is 1. The largest absolute Gasteiger partial charge is 0.778 e. The van der Waals surface area contributed by atoms with Crippen molar-refractivity contribution in [3.63, 3.8) is 0 Å². The number of anilines is 2. The average molecular weight is 943 g/mol. The third-order valence-electron chi connectivity index (χ3n) is 7.79. The van der Waals surface area contributed by atoms with Gasteiger partial charge >= 0.3 is 5.97 Å². The zero-order chi connectivity index (χ0) is 46.2. The molecular formula is C36H42F3N10O9PS3. The Morgan fingerprint density at radius 2 is 1.82 bits per heavy atom. The lowest BCUT2D eigenvalue weighted by molar-refractivity contribution is -0.193. The number of carboxylic acids is 1. The second-order valence-electron chi connectivity index (χ2n) is 14.4. The first kappa shape index (κ1) is 49.3. The van der Waals surface area contributed by atoms with Crippen LogP contribution in [0.5, 0.6) is 5.75 Å². The molecule has 0 radical (unpaired) electrons. The van der Waals surface area contributed by atoms with Gasteiger partial charge in [-0.1, -0.05) is 25.8 Å². The quantitative estimate of drug-likeness (QED) is 0.0941. The molecule has 0 aliphatic carbocycles. The molecule has 26 heteroatoms. The number of terminal acetylenes is 1. The molecule has 19 nitrogen and oxygen atoms in total. The van der Waals surface area contributed by atoms with Gasteiger partial charge in [0.05, 0.1) is 43.8 Å². The van der Waals surface area contributed by atoms with Gasteiger partial charge in [-0.3, -0.25) is 24.5 Å². The first-order chi connectivity index (χ1) is 28.9. The van der Waals surface area contributed by atoms with E-state index in [2.05, 4.69) is 63.0 Å². The zero-order valence-electron chi connectivity index (χ0n) is 34.0. The number of nitrogens with zero attached hydrogens (tertiary/aromatic N) is 8. The molecule has 1 unspecified atom stereocenters. The minimum absolute atomic E-state index is 0.0642. The van der Waals surface area contributed by atoms with E-state index in [9.17, 15) is 40.6 Å². The Kier molecular flexibility index (Phi) is 16.4. The monoisotopic (exact) mass is 942 g/mol. The topological polar surface area (TPSA) is 259 Å². The molecule has 5 heterocycles. The SMILES string of the molecule is C#CCN1C(=O)COc2cc(F)c(N=c3snc4n3CC(C)(C)C4)cc21.C[S+](C)C.Cc1ccn2nc(S(=O)(=O)Nc3c(F)cccc3F)nc2n1.O=C(O)CNCP(=O)([O-])O. The molecule has 2 aromatic carbocycles. The second-order valence-corrected chi connectivity index (χ2v) is 20.8. The fourth-order valence-electron chi connectivity index (χ4n) is 5.29. The molecule has 2 aliphatic rings. The zero-order valence-corrected chi connectivity index (χ0v) is 37.3. The molecule has 1 amide bonds. The van der Waals surface area contributed by atoms with Gasteiger partial charge in [-0.25, -0.2) is 27.7 Å². The highest BCUT2D eigenvalue weighted by Gasteiger charge is 2.31. The lowest BCUT2D eigenvalue weighted by Gasteiger charge is -2.28. The Hall–Kier alpha value is -5.35. The fourth-order valence-corrected chi connectivity index (χ4v) is 7.39. The number of amides is 1. The van der Waals surface area contributed by atoms with Gasteiger partial charge < -0.3 is 28.8 Å². The smallest absolute Gasteiger partial charge is 0.317 e. The molecule has 0 saturated carbocycles. The summed E-state index contributed by atoms with van der Waals surface area (Å²) in [5, 5.41) is 13.1. The van der Waals surface area contributed by atoms with Crippen LogP contribution in [0, 0.1) is 42.1 Å². The molecule has 3 aromatic heterocycles. The normalized spacial score (nSPS) is 15.0. The predicted octanol–water partition coefficient (Wildman–Crippen LogP) is 2.43. The van der Waals surface area contributed by atoms with E-state index >= 15 is 0 Å². The third-order valence-corrected chi connectivity index (χ3v) is 10.3. The van der Waals surface area contributed by atoms with Crippen LogP contribution >= 0.6 is 19.1 Å². The summed E-state index contributed by atoms with van der Waals surface area (Å²) in [5.41, 5.74) is 0.514. The maximum absolute atomic E-state index is 14.5. The van der Waals surface area contributed by atoms with Crippen LogP contribution in [0.15, 0.2) is 52.7 Å². The maximum Gasteiger partial charge on any atom is 0.317 e. The molecule has 0 saturated heterocycles. The Labute approximate surface area is 360 Å². The minimum Gasteiger partial charge on any atom is -0.778 e. The molecule has 0 spiro atoms. The highest BCUT2D eigenvalue weighted by Crippen LogP contribution is 2.37. The number of carbonyl (C=O) groups is 2. The molecule has 2 aliphatic heterocycles. The van der Waals surface area contributed by atoms with Crippen molar-refractivity contribution in [1.82, 2.24) is 33.8 Å². The molecule has 7 rings (SSSR count). The van der Waals surface area contributed by atoms with E-state index < -0.39 is 64.7 Å². The summed E-state index contributed by atoms with van der Waals surface area (Å²) in [4.78, 5) is 54.1. The molecule has 334 valence electrons. The van der Waals surface area contributed by atoms with Crippen LogP contribution in [-0.2, 0) is 48.0 Å². The molecule has 1 atom stereocenters. The van der Waals surface area contributed by atoms with Crippen LogP contribution < -0.4 is 29.4 Å². The van der Waals surface area contributed by atoms with Gasteiger partial charge in [-0.2, -0.15) is 17.8 Å². The summed E-state index contributed by atoms with van der Waals surface area (Å²) >= 11 is 1.24. The van der Waals surface area contributed by atoms with Crippen molar-refractivity contribution in [2.45, 2.75) is 38.9 Å². The first-order valence-corrected chi connectivity index (χ1v) is 24.3. The summed E-state index contributed by atoms with van der Waals surface area (Å²) < 4.78 is 90.6. The number of hydrogen-bond donors (Lipinski definition) is 4. The summed E-state index contributed by atoms with van der Waals surface area (Å²) in [7, 11) is -8.05. The number of halogens is 3. The summed E-state index contributed by atoms with van der Waals surface area (Å²) in [6.45, 7) is 6.28. The van der Waals surface area contributed by atoms with Crippen molar-refractivity contribution in [1.29, 1.82) is 0 Å². The van der Waals surface area contributed by atoms with Gasteiger partial charge in [-0.05, 0) is 47.5 Å². The number of sulfonamides is 1. The van der Waals surface area contributed by atoms with Gasteiger partial charge in [0, 0.05) is 42.5 Å². The van der Waals surface area contributed by atoms with Gasteiger partial charge in [0.25, 0.3) is 26.9 Å². The molecule has 62 heavy (non-hydrogen) atoms. The third kappa shape index (κ3) is 13.8. The number of aromatic nitrogens is 6. The van der Waals surface area contributed by atoms with Crippen LogP contribution in [0.2, 0.25) is 0 Å². The van der Waals surface area contributed by atoms with E-state index in [1.54, 1.807) is 17.7 Å². The number of aliphatic carboxylic acids is 1. The molecule has 4 N–H and O–H groups in total. The van der Waals surface area contributed by atoms with E-state index in [4.69, 9.17) is 21.2 Å². The number of fused-ring (bicyclic) bond motifs is 3. The highest BCUT2D eigenvalue weighted by molar-refractivity contribution is 7.94. The van der Waals surface area contributed by atoms with Crippen LogP contribution in [0.25, 0.3) is 5.78 Å². The van der Waals surface area contributed by atoms with Gasteiger partial charge in [0.15, 0.2) is 12.4 Å². The van der Waals surface area contributed by atoms with Crippen molar-refractivity contribution >= 4 is 74.8 Å². The standard InChI is InChI=1S/C18H17FN4O2S.C12H9F2N5O2S.C3H8NO5P.C3H9S/c1-4-5-22-13-7-12(11(19)6-14(13)25-9-16(22)24)20-17-23-10-18(2,3)8-15(23)21-26-17;1-7-5-6-19-11(15-7)16-12(17-19)22(20,21)18-10-8(13)3-2-4-9(10)14;5-3(6)1-4-2-10(7,8)9;1-4(2)3/h1,6-7H,5,8-10H2,2-3H3;2-6,18H,1H3;4H,1-2H2,(H,5,6)(H2,7,8,9);1-3H3/q;;;+1/p-1. The van der Waals surface area contributed by atoms with Gasteiger partial charge in [0.2, 0.25) is 4.80 Å². The fraction of sp³-hybridized carbons (Fsp3) is 0.361. The van der Waals surface area contributed by atoms with E-state index in [-0.39, 0.29) is 35.9 Å². The number of ether oxygens (including phenoxy) is 1. The number of aryl methyl sites for hydroxylation is 1. The Bertz CT molecular complexity index is 2690. The Morgan fingerprint density at radius 1 is 1.16 bits per heavy atom. The summed E-state index contributed by atoms with van der Waals surface area (Å²) in [5.74, 6) is -0.267. The minimum atomic E-state index is -4.35. The van der Waals surface area contributed by atoms with Crippen molar-refractivity contribution in [2.75, 3.05) is 54.4 Å². The molecule has 5 aromatic rings. The molecular weight excluding hydrogens is 901 g/mol. The molecule has 0 fully saturated rings. The van der Waals surface area contributed by atoms with Crippen molar-refractivity contribution in [3.05, 3.63) is 76.4 Å². The maximum atomic E-state index is 14.5. The van der Waals surface area contributed by atoms with Crippen LogP contribution in [0.4, 0.5) is 30.2 Å². The number of carbonyl (C=O) groups excluding carboxylic acids is 1. The summed E-state index contributed by atoms with van der Waals surface area (Å²) in [6.07, 6.45) is 13.6. The van der Waals surface area contributed by atoms with Crippen molar-refractivity contribution in [2.24, 2.45) is 10.4 Å². The summed E-state index contributed by atoms with van der Waals surface area (Å²) in [6, 6.07) is 7.36. The number of hydrogen-bond acceptors (Lipinski definition) is 14. The van der Waals surface area contributed by atoms with Gasteiger partial charge in [0.1, 0.15) is 42.2 Å². The lowest BCUT2D eigenvalue weighted by atomic mass is 9.92. The van der Waals surface area contributed by atoms with E-state index in [1.807, 2.05) is 9.88 Å². The Balaban J connectivity index is 0.000000212. The van der Waals surface area contributed by atoms with Crippen molar-refractivity contribution in [3.8, 4) is 18.1 Å². The van der Waals surface area contributed by atoms with E-state index in [1.165, 1.54) is 34.8 Å². The second kappa shape index (κ2) is 20.7. The van der Waals surface area contributed by atoms with E-state index in [0.717, 1.165) is 41.5 Å². The number of benzene rings is 2. The highest BCUT2D eigenvalue weighted by atomic mass is 32.2. The Morgan fingerprint density at radius 3 is 2.44 bits per heavy atom. The first-order valence-electron chi connectivity index (χ1n) is 17.8. The molecule has 0 bridgehead atoms.